The summed E-state index contributed by atoms with van der Waals surface area (Å²) in [7, 11) is 0. The third-order valence-electron chi connectivity index (χ3n) is 5.31. The molecule has 0 unspecified atom stereocenters. The second-order valence-electron chi connectivity index (χ2n) is 7.58. The highest BCUT2D eigenvalue weighted by molar-refractivity contribution is 5.93. The largest absolute Gasteiger partial charge is 0.342 e. The summed E-state index contributed by atoms with van der Waals surface area (Å²) in [4.78, 5) is 12.8. The first-order chi connectivity index (χ1) is 12.4. The average Bonchev–Trinajstić information content (AvgIpc) is 3.04. The monoisotopic (exact) mass is 355 g/mol. The molecule has 140 valence electrons. The molecule has 0 aliphatic carbocycles. The van der Waals surface area contributed by atoms with Crippen molar-refractivity contribution in [3.05, 3.63) is 46.8 Å². The molecule has 0 saturated carbocycles. The minimum Gasteiger partial charge on any atom is -0.342 e. The van der Waals surface area contributed by atoms with Crippen LogP contribution < -0.4 is 10.6 Å². The first-order valence-electron chi connectivity index (χ1n) is 9.47. The van der Waals surface area contributed by atoms with Crippen LogP contribution >= 0.6 is 0 Å². The van der Waals surface area contributed by atoms with Crippen LogP contribution in [0.25, 0.3) is 0 Å². The van der Waals surface area contributed by atoms with E-state index in [9.17, 15) is 4.79 Å². The Hall–Kier alpha value is -2.21. The molecule has 2 aromatic rings. The van der Waals surface area contributed by atoms with Crippen molar-refractivity contribution in [1.29, 1.82) is 0 Å². The van der Waals surface area contributed by atoms with Gasteiger partial charge in [-0.15, -0.1) is 5.10 Å². The molecule has 3 rings (SSSR count). The molecule has 1 saturated heterocycles. The number of aryl methyl sites for hydroxylation is 1. The van der Waals surface area contributed by atoms with Crippen molar-refractivity contribution in [1.82, 2.24) is 25.6 Å². The van der Waals surface area contributed by atoms with Gasteiger partial charge in [-0.25, -0.2) is 4.68 Å². The molecule has 6 heteroatoms. The van der Waals surface area contributed by atoms with Crippen molar-refractivity contribution < 1.29 is 4.79 Å². The summed E-state index contributed by atoms with van der Waals surface area (Å²) >= 11 is 0. The van der Waals surface area contributed by atoms with Crippen LogP contribution in [0.5, 0.6) is 0 Å². The van der Waals surface area contributed by atoms with Gasteiger partial charge in [0.2, 0.25) is 0 Å². The van der Waals surface area contributed by atoms with Crippen LogP contribution in [-0.4, -0.2) is 34.0 Å². The number of benzene rings is 1. The van der Waals surface area contributed by atoms with Crippen molar-refractivity contribution in [2.24, 2.45) is 0 Å². The molecular weight excluding hydrogens is 326 g/mol. The molecule has 0 radical (unpaired) electrons. The van der Waals surface area contributed by atoms with Crippen LogP contribution in [0.3, 0.4) is 0 Å². The van der Waals surface area contributed by atoms with Crippen molar-refractivity contribution in [2.75, 3.05) is 13.1 Å². The number of carbonyl (C=O) groups excluding carboxylic acids is 1. The zero-order chi connectivity index (χ0) is 18.7. The van der Waals surface area contributed by atoms with E-state index in [4.69, 9.17) is 0 Å². The predicted octanol–water partition coefficient (Wildman–Crippen LogP) is 2.74. The van der Waals surface area contributed by atoms with Gasteiger partial charge in [0.1, 0.15) is 0 Å². The number of nitrogens with one attached hydrogen (secondary N) is 2. The van der Waals surface area contributed by atoms with Crippen LogP contribution in [0.1, 0.15) is 67.0 Å². The quantitative estimate of drug-likeness (QED) is 0.865. The first-order valence-corrected chi connectivity index (χ1v) is 9.47. The maximum atomic E-state index is 12.8. The van der Waals surface area contributed by atoms with Gasteiger partial charge in [-0.3, -0.25) is 4.79 Å². The smallest absolute Gasteiger partial charge is 0.274 e. The molecular formula is C20H29N5O. The summed E-state index contributed by atoms with van der Waals surface area (Å²) in [6.45, 7) is 10.0. The zero-order valence-corrected chi connectivity index (χ0v) is 16.2. The van der Waals surface area contributed by atoms with Gasteiger partial charge in [-0.05, 0) is 64.3 Å². The molecule has 2 N–H and O–H groups in total. The Labute approximate surface area is 155 Å². The lowest BCUT2D eigenvalue weighted by Gasteiger charge is -2.27. The van der Waals surface area contributed by atoms with Gasteiger partial charge >= 0.3 is 0 Å². The Balaban J connectivity index is 1.75. The van der Waals surface area contributed by atoms with E-state index < -0.39 is 5.54 Å². The summed E-state index contributed by atoms with van der Waals surface area (Å²) in [5, 5.41) is 14.9. The van der Waals surface area contributed by atoms with Gasteiger partial charge in [-0.1, -0.05) is 36.4 Å². The van der Waals surface area contributed by atoms with Gasteiger partial charge in [0.25, 0.3) is 5.91 Å². The molecule has 1 aliphatic rings. The lowest BCUT2D eigenvalue weighted by molar-refractivity contribution is 0.0906. The SMILES string of the molecule is CCc1ccc(C(C)(C)NC(=O)c2nnn(C3CCNCC3)c2C)cc1. The molecule has 1 amide bonds. The summed E-state index contributed by atoms with van der Waals surface area (Å²) in [5.41, 5.74) is 3.14. The van der Waals surface area contributed by atoms with E-state index in [1.165, 1.54) is 5.56 Å². The molecule has 1 aliphatic heterocycles. The Morgan fingerprint density at radius 3 is 2.54 bits per heavy atom. The summed E-state index contributed by atoms with van der Waals surface area (Å²) in [6, 6.07) is 8.71. The third-order valence-corrected chi connectivity index (χ3v) is 5.31. The predicted molar refractivity (Wildman–Crippen MR) is 102 cm³/mol. The fraction of sp³-hybridized carbons (Fsp3) is 0.550. The number of hydrogen-bond acceptors (Lipinski definition) is 4. The third kappa shape index (κ3) is 3.80. The van der Waals surface area contributed by atoms with E-state index >= 15 is 0 Å². The Kier molecular flexibility index (Phi) is 5.41. The molecule has 1 fully saturated rings. The zero-order valence-electron chi connectivity index (χ0n) is 16.2. The first kappa shape index (κ1) is 18.6. The van der Waals surface area contributed by atoms with Crippen LogP contribution in [0, 0.1) is 6.92 Å². The normalized spacial score (nSPS) is 15.8. The van der Waals surface area contributed by atoms with Crippen LogP contribution in [0.15, 0.2) is 24.3 Å². The van der Waals surface area contributed by atoms with Crippen LogP contribution in [0.4, 0.5) is 0 Å². The van der Waals surface area contributed by atoms with Gasteiger partial charge in [0.15, 0.2) is 5.69 Å². The highest BCUT2D eigenvalue weighted by Crippen LogP contribution is 2.23. The molecule has 0 bridgehead atoms. The lowest BCUT2D eigenvalue weighted by atomic mass is 9.93. The highest BCUT2D eigenvalue weighted by Gasteiger charge is 2.28. The van der Waals surface area contributed by atoms with Crippen LogP contribution in [0.2, 0.25) is 0 Å². The van der Waals surface area contributed by atoms with E-state index in [1.54, 1.807) is 0 Å². The number of aromatic nitrogens is 3. The summed E-state index contributed by atoms with van der Waals surface area (Å²) < 4.78 is 1.92. The fourth-order valence-electron chi connectivity index (χ4n) is 3.52. The van der Waals surface area contributed by atoms with E-state index in [-0.39, 0.29) is 5.91 Å². The maximum Gasteiger partial charge on any atom is 0.274 e. The summed E-state index contributed by atoms with van der Waals surface area (Å²) in [6.07, 6.45) is 3.03. The Morgan fingerprint density at radius 1 is 1.27 bits per heavy atom. The molecule has 0 spiro atoms. The minimum absolute atomic E-state index is 0.174. The second kappa shape index (κ2) is 7.58. The van der Waals surface area contributed by atoms with Crippen molar-refractivity contribution in [3.8, 4) is 0 Å². The number of carbonyl (C=O) groups is 1. The average molecular weight is 355 g/mol. The van der Waals surface area contributed by atoms with Gasteiger partial charge in [0, 0.05) is 0 Å². The molecule has 1 aromatic carbocycles. The number of hydrogen-bond donors (Lipinski definition) is 2. The minimum atomic E-state index is -0.478. The topological polar surface area (TPSA) is 71.8 Å². The molecule has 26 heavy (non-hydrogen) atoms. The van der Waals surface area contributed by atoms with Crippen molar-refractivity contribution in [2.45, 2.75) is 58.5 Å². The fourth-order valence-corrected chi connectivity index (χ4v) is 3.52. The van der Waals surface area contributed by atoms with E-state index in [1.807, 2.05) is 25.5 Å². The van der Waals surface area contributed by atoms with Crippen molar-refractivity contribution >= 4 is 5.91 Å². The standard InChI is InChI=1S/C20H29N5O/c1-5-15-6-8-16(9-7-15)20(3,4)22-19(26)18-14(2)25(24-23-18)17-10-12-21-13-11-17/h6-9,17,21H,5,10-13H2,1-4H3,(H,22,26). The van der Waals surface area contributed by atoms with E-state index in [2.05, 4.69) is 52.1 Å². The molecule has 0 atom stereocenters. The van der Waals surface area contributed by atoms with Gasteiger partial charge < -0.3 is 10.6 Å². The number of amides is 1. The number of nitrogens with zero attached hydrogens (tertiary/aromatic N) is 3. The van der Waals surface area contributed by atoms with E-state index in [0.29, 0.717) is 11.7 Å². The Bertz CT molecular complexity index is 757. The highest BCUT2D eigenvalue weighted by atomic mass is 16.2. The number of rotatable bonds is 5. The molecule has 6 nitrogen and oxygen atoms in total. The summed E-state index contributed by atoms with van der Waals surface area (Å²) in [5.74, 6) is -0.174. The molecule has 1 aromatic heterocycles. The molecule has 2 heterocycles. The number of piperidine rings is 1. The Morgan fingerprint density at radius 2 is 1.92 bits per heavy atom. The van der Waals surface area contributed by atoms with Gasteiger partial charge in [-0.2, -0.15) is 0 Å². The van der Waals surface area contributed by atoms with Crippen molar-refractivity contribution in [3.63, 3.8) is 0 Å². The maximum absolute atomic E-state index is 12.8. The van der Waals surface area contributed by atoms with Gasteiger partial charge in [0.05, 0.1) is 17.3 Å². The van der Waals surface area contributed by atoms with E-state index in [0.717, 1.165) is 43.6 Å². The van der Waals surface area contributed by atoms with Crippen LogP contribution in [-0.2, 0) is 12.0 Å². The second-order valence-corrected chi connectivity index (χ2v) is 7.58. The lowest BCUT2D eigenvalue weighted by Crippen LogP contribution is -2.41.